The molecule has 0 saturated heterocycles. The van der Waals surface area contributed by atoms with Gasteiger partial charge in [0.15, 0.2) is 0 Å². The zero-order valence-electron chi connectivity index (χ0n) is 15.1. The molecule has 2 aromatic carbocycles. The lowest BCUT2D eigenvalue weighted by Gasteiger charge is -2.23. The van der Waals surface area contributed by atoms with Crippen LogP contribution < -0.4 is 0 Å². The monoisotopic (exact) mass is 438 g/mol. The second kappa shape index (κ2) is 8.79. The van der Waals surface area contributed by atoms with Crippen LogP contribution in [0.2, 0.25) is 0 Å². The van der Waals surface area contributed by atoms with Crippen LogP contribution in [0.4, 0.5) is 0 Å². The van der Waals surface area contributed by atoms with Gasteiger partial charge in [0.2, 0.25) is 10.0 Å². The second-order valence-corrected chi connectivity index (χ2v) is 9.12. The van der Waals surface area contributed by atoms with Crippen molar-refractivity contribution >= 4 is 31.9 Å². The first kappa shape index (κ1) is 20.6. The molecule has 0 radical (unpaired) electrons. The molecule has 2 aromatic rings. The Bertz CT molecular complexity index is 868. The fourth-order valence-corrected chi connectivity index (χ4v) is 4.38. The normalized spacial score (nSPS) is 11.6. The highest BCUT2D eigenvalue weighted by Gasteiger charge is 2.23. The van der Waals surface area contributed by atoms with E-state index in [2.05, 4.69) is 15.9 Å². The number of halogens is 1. The molecule has 5 nitrogen and oxygen atoms in total. The van der Waals surface area contributed by atoms with Crippen LogP contribution in [0.25, 0.3) is 0 Å². The van der Waals surface area contributed by atoms with Crippen molar-refractivity contribution in [2.24, 2.45) is 0 Å². The average molecular weight is 439 g/mol. The van der Waals surface area contributed by atoms with E-state index in [-0.39, 0.29) is 10.8 Å². The lowest BCUT2D eigenvalue weighted by atomic mass is 10.1. The topological polar surface area (TPSA) is 57.7 Å². The summed E-state index contributed by atoms with van der Waals surface area (Å²) in [6.45, 7) is 3.09. The van der Waals surface area contributed by atoms with Crippen LogP contribution in [0.3, 0.4) is 0 Å². The van der Waals surface area contributed by atoms with E-state index in [0.29, 0.717) is 23.1 Å². The quantitative estimate of drug-likeness (QED) is 0.661. The smallest absolute Gasteiger partial charge is 0.254 e. The summed E-state index contributed by atoms with van der Waals surface area (Å²) in [6.07, 6.45) is 0.817. The summed E-state index contributed by atoms with van der Waals surface area (Å²) in [5.74, 6) is -0.182. The number of amides is 1. The number of hydrogen-bond donors (Lipinski definition) is 0. The van der Waals surface area contributed by atoms with Crippen LogP contribution in [-0.4, -0.2) is 44.2 Å². The molecule has 0 fully saturated rings. The van der Waals surface area contributed by atoms with E-state index in [4.69, 9.17) is 0 Å². The highest BCUT2D eigenvalue weighted by Crippen LogP contribution is 2.26. The number of benzene rings is 2. The summed E-state index contributed by atoms with van der Waals surface area (Å²) in [5.41, 5.74) is 1.39. The minimum absolute atomic E-state index is 0.0875. The molecule has 140 valence electrons. The lowest BCUT2D eigenvalue weighted by molar-refractivity contribution is 0.0743. The van der Waals surface area contributed by atoms with E-state index in [0.717, 1.165) is 16.3 Å². The van der Waals surface area contributed by atoms with E-state index >= 15 is 0 Å². The van der Waals surface area contributed by atoms with E-state index in [1.807, 2.05) is 37.3 Å². The predicted octanol–water partition coefficient (Wildman–Crippen LogP) is 3.75. The van der Waals surface area contributed by atoms with E-state index in [9.17, 15) is 13.2 Å². The fraction of sp³-hybridized carbons (Fsp3) is 0.316. The van der Waals surface area contributed by atoms with E-state index in [1.165, 1.54) is 20.2 Å². The number of rotatable bonds is 7. The molecule has 1 amide bonds. The SMILES string of the molecule is CCCN(Cc1ccccc1)C(=O)c1ccc(Br)c(S(=O)(=O)N(C)C)c1. The molecule has 0 heterocycles. The summed E-state index contributed by atoms with van der Waals surface area (Å²) >= 11 is 3.27. The first-order chi connectivity index (χ1) is 12.3. The van der Waals surface area contributed by atoms with Crippen molar-refractivity contribution < 1.29 is 13.2 Å². The van der Waals surface area contributed by atoms with Gasteiger partial charge in [-0.25, -0.2) is 12.7 Å². The molecule has 0 atom stereocenters. The van der Waals surface area contributed by atoms with Crippen molar-refractivity contribution in [3.05, 3.63) is 64.1 Å². The van der Waals surface area contributed by atoms with Crippen molar-refractivity contribution in [1.29, 1.82) is 0 Å². The van der Waals surface area contributed by atoms with Crippen molar-refractivity contribution in [3.8, 4) is 0 Å². The zero-order chi connectivity index (χ0) is 19.3. The summed E-state index contributed by atoms with van der Waals surface area (Å²) in [4.78, 5) is 14.8. The summed E-state index contributed by atoms with van der Waals surface area (Å²) in [6, 6.07) is 14.4. The largest absolute Gasteiger partial charge is 0.334 e. The maximum Gasteiger partial charge on any atom is 0.254 e. The van der Waals surface area contributed by atoms with Gasteiger partial charge in [-0.2, -0.15) is 0 Å². The van der Waals surface area contributed by atoms with Crippen LogP contribution in [-0.2, 0) is 16.6 Å². The van der Waals surface area contributed by atoms with Crippen LogP contribution in [0.5, 0.6) is 0 Å². The molecule has 0 unspecified atom stereocenters. The molecule has 0 bridgehead atoms. The molecule has 0 spiro atoms. The third-order valence-electron chi connectivity index (χ3n) is 3.93. The maximum absolute atomic E-state index is 13.0. The minimum atomic E-state index is -3.64. The first-order valence-electron chi connectivity index (χ1n) is 8.32. The molecule has 0 aromatic heterocycles. The van der Waals surface area contributed by atoms with Crippen LogP contribution in [0, 0.1) is 0 Å². The minimum Gasteiger partial charge on any atom is -0.334 e. The van der Waals surface area contributed by atoms with Gasteiger partial charge in [0.1, 0.15) is 0 Å². The molecule has 0 N–H and O–H groups in total. The number of carbonyl (C=O) groups excluding carboxylic acids is 1. The van der Waals surface area contributed by atoms with Gasteiger partial charge in [0, 0.05) is 37.2 Å². The zero-order valence-corrected chi connectivity index (χ0v) is 17.5. The van der Waals surface area contributed by atoms with Crippen molar-refractivity contribution in [3.63, 3.8) is 0 Å². The number of sulfonamides is 1. The molecule has 7 heteroatoms. The summed E-state index contributed by atoms with van der Waals surface area (Å²) < 4.78 is 26.5. The maximum atomic E-state index is 13.0. The summed E-state index contributed by atoms with van der Waals surface area (Å²) in [7, 11) is -0.710. The Labute approximate surface area is 163 Å². The number of carbonyl (C=O) groups is 1. The third-order valence-corrected chi connectivity index (χ3v) is 6.74. The van der Waals surface area contributed by atoms with Gasteiger partial charge in [0.25, 0.3) is 5.91 Å². The number of hydrogen-bond acceptors (Lipinski definition) is 3. The van der Waals surface area contributed by atoms with E-state index < -0.39 is 10.0 Å². The highest BCUT2D eigenvalue weighted by molar-refractivity contribution is 9.10. The van der Waals surface area contributed by atoms with Crippen LogP contribution in [0.15, 0.2) is 57.9 Å². The van der Waals surface area contributed by atoms with Crippen LogP contribution >= 0.6 is 15.9 Å². The molecule has 0 aliphatic rings. The molecule has 2 rings (SSSR count). The van der Waals surface area contributed by atoms with Gasteiger partial charge < -0.3 is 4.90 Å². The Balaban J connectivity index is 2.37. The first-order valence-corrected chi connectivity index (χ1v) is 10.6. The Hall–Kier alpha value is -1.70. The van der Waals surface area contributed by atoms with Gasteiger partial charge in [0.05, 0.1) is 4.90 Å². The predicted molar refractivity (Wildman–Crippen MR) is 106 cm³/mol. The summed E-state index contributed by atoms with van der Waals surface area (Å²) in [5, 5.41) is 0. The van der Waals surface area contributed by atoms with Crippen molar-refractivity contribution in [2.45, 2.75) is 24.8 Å². The standard InChI is InChI=1S/C19H23BrN2O3S/c1-4-12-22(14-15-8-6-5-7-9-15)19(23)16-10-11-17(20)18(13-16)26(24,25)21(2)3/h5-11,13H,4,12,14H2,1-3H3. The van der Waals surface area contributed by atoms with Gasteiger partial charge in [-0.1, -0.05) is 37.3 Å². The van der Waals surface area contributed by atoms with Crippen LogP contribution in [0.1, 0.15) is 29.3 Å². The van der Waals surface area contributed by atoms with Gasteiger partial charge in [-0.05, 0) is 46.1 Å². The molecule has 0 saturated carbocycles. The number of nitrogens with zero attached hydrogens (tertiary/aromatic N) is 2. The van der Waals surface area contributed by atoms with Crippen molar-refractivity contribution in [2.75, 3.05) is 20.6 Å². The molecular weight excluding hydrogens is 416 g/mol. The molecule has 26 heavy (non-hydrogen) atoms. The average Bonchev–Trinajstić information content (AvgIpc) is 2.61. The highest BCUT2D eigenvalue weighted by atomic mass is 79.9. The van der Waals surface area contributed by atoms with Crippen molar-refractivity contribution in [1.82, 2.24) is 9.21 Å². The van der Waals surface area contributed by atoms with Gasteiger partial charge in [-0.15, -0.1) is 0 Å². The fourth-order valence-electron chi connectivity index (χ4n) is 2.54. The second-order valence-electron chi connectivity index (χ2n) is 6.14. The van der Waals surface area contributed by atoms with E-state index in [1.54, 1.807) is 17.0 Å². The Morgan fingerprint density at radius 1 is 1.08 bits per heavy atom. The van der Waals surface area contributed by atoms with Gasteiger partial charge in [-0.3, -0.25) is 4.79 Å². The molecule has 0 aliphatic carbocycles. The lowest BCUT2D eigenvalue weighted by Crippen LogP contribution is -2.31. The Morgan fingerprint density at radius 2 is 1.73 bits per heavy atom. The molecular formula is C19H23BrN2O3S. The Morgan fingerprint density at radius 3 is 2.31 bits per heavy atom. The third kappa shape index (κ3) is 4.72. The Kier molecular flexibility index (Phi) is 6.97. The molecule has 0 aliphatic heterocycles. The van der Waals surface area contributed by atoms with Gasteiger partial charge >= 0.3 is 0 Å².